The maximum Gasteiger partial charge on any atom is 0.291 e. The fourth-order valence-corrected chi connectivity index (χ4v) is 2.90. The van der Waals surface area contributed by atoms with Gasteiger partial charge in [-0.1, -0.05) is 63.3 Å². The lowest BCUT2D eigenvalue weighted by Crippen LogP contribution is -2.50. The summed E-state index contributed by atoms with van der Waals surface area (Å²) in [4.78, 5) is 38.9. The third-order valence-corrected chi connectivity index (χ3v) is 5.01. The van der Waals surface area contributed by atoms with Crippen LogP contribution < -0.4 is 5.32 Å². The van der Waals surface area contributed by atoms with Crippen LogP contribution in [0.25, 0.3) is 6.08 Å². The van der Waals surface area contributed by atoms with E-state index in [1.165, 1.54) is 4.90 Å². The molecule has 2 amide bonds. The highest BCUT2D eigenvalue weighted by Crippen LogP contribution is 2.25. The van der Waals surface area contributed by atoms with Crippen LogP contribution in [-0.4, -0.2) is 41.6 Å². The van der Waals surface area contributed by atoms with Crippen molar-refractivity contribution >= 4 is 23.7 Å². The average Bonchev–Trinajstić information content (AvgIpc) is 3.14. The van der Waals surface area contributed by atoms with Gasteiger partial charge in [-0.15, -0.1) is 0 Å². The molecule has 1 aliphatic rings. The normalized spacial score (nSPS) is 17.5. The highest BCUT2D eigenvalue weighted by molar-refractivity contribution is 6.38. The van der Waals surface area contributed by atoms with Gasteiger partial charge in [0.2, 0.25) is 11.7 Å². The number of hydrogen-bond donors (Lipinski definition) is 1. The summed E-state index contributed by atoms with van der Waals surface area (Å²) in [5, 5.41) is 2.84. The van der Waals surface area contributed by atoms with E-state index in [-0.39, 0.29) is 5.91 Å². The Bertz CT molecular complexity index is 680. The quantitative estimate of drug-likeness (QED) is 0.764. The van der Waals surface area contributed by atoms with E-state index in [1.807, 2.05) is 49.4 Å². The molecule has 1 aromatic carbocycles. The summed E-state index contributed by atoms with van der Waals surface area (Å²) in [7, 11) is 0. The molecule has 0 aromatic heterocycles. The maximum atomic E-state index is 12.6. The Kier molecular flexibility index (Phi) is 6.72. The van der Waals surface area contributed by atoms with Crippen molar-refractivity contribution in [3.63, 3.8) is 0 Å². The zero-order chi connectivity index (χ0) is 19.2. The van der Waals surface area contributed by atoms with E-state index in [1.54, 1.807) is 13.8 Å². The van der Waals surface area contributed by atoms with Crippen LogP contribution in [0.2, 0.25) is 0 Å². The molecule has 0 bridgehead atoms. The van der Waals surface area contributed by atoms with E-state index >= 15 is 0 Å². The van der Waals surface area contributed by atoms with Crippen LogP contribution in [0.3, 0.4) is 0 Å². The number of Topliss-reactive ketones (excluding diaryl/α,β-unsaturated/α-hetero) is 1. The zero-order valence-corrected chi connectivity index (χ0v) is 15.8. The van der Waals surface area contributed by atoms with Crippen molar-refractivity contribution in [3.05, 3.63) is 42.0 Å². The van der Waals surface area contributed by atoms with Crippen LogP contribution in [0.4, 0.5) is 0 Å². The summed E-state index contributed by atoms with van der Waals surface area (Å²) in [6, 6.07) is 9.27. The van der Waals surface area contributed by atoms with E-state index < -0.39 is 23.1 Å². The van der Waals surface area contributed by atoms with Crippen molar-refractivity contribution in [2.24, 2.45) is 5.41 Å². The molecule has 1 aromatic rings. The summed E-state index contributed by atoms with van der Waals surface area (Å²) in [5.41, 5.74) is 0.367. The number of carbonyl (C=O) groups excluding carboxylic acids is 3. The van der Waals surface area contributed by atoms with Gasteiger partial charge in [-0.25, -0.2) is 0 Å². The molecule has 1 saturated heterocycles. The Morgan fingerprint density at radius 3 is 2.58 bits per heavy atom. The SMILES string of the molecule is CCC(C)(C)C(=O)C(=O)N1CCC[C@H]1C(=O)NC/C=C/c1ccccc1. The Labute approximate surface area is 155 Å². The van der Waals surface area contributed by atoms with Gasteiger partial charge in [0.25, 0.3) is 5.91 Å². The number of carbonyl (C=O) groups is 3. The molecule has 1 fully saturated rings. The van der Waals surface area contributed by atoms with Crippen molar-refractivity contribution in [1.82, 2.24) is 10.2 Å². The van der Waals surface area contributed by atoms with Gasteiger partial charge in [0.1, 0.15) is 6.04 Å². The molecule has 2 rings (SSSR count). The second kappa shape index (κ2) is 8.79. The van der Waals surface area contributed by atoms with Crippen molar-refractivity contribution < 1.29 is 14.4 Å². The Morgan fingerprint density at radius 2 is 1.92 bits per heavy atom. The van der Waals surface area contributed by atoms with Crippen LogP contribution in [0.1, 0.15) is 45.6 Å². The molecule has 1 aliphatic heterocycles. The summed E-state index contributed by atoms with van der Waals surface area (Å²) in [5.74, 6) is -1.14. The monoisotopic (exact) mass is 356 g/mol. The van der Waals surface area contributed by atoms with E-state index in [4.69, 9.17) is 0 Å². The minimum atomic E-state index is -0.695. The first-order valence-corrected chi connectivity index (χ1v) is 9.21. The molecule has 0 aliphatic carbocycles. The number of nitrogens with one attached hydrogen (secondary N) is 1. The number of likely N-dealkylation sites (tertiary alicyclic amines) is 1. The lowest BCUT2D eigenvalue weighted by Gasteiger charge is -2.27. The van der Waals surface area contributed by atoms with Gasteiger partial charge in [0.05, 0.1) is 0 Å². The number of ketones is 1. The van der Waals surface area contributed by atoms with E-state index in [0.717, 1.165) is 12.0 Å². The van der Waals surface area contributed by atoms with Crippen molar-refractivity contribution in [3.8, 4) is 0 Å². The molecule has 0 saturated carbocycles. The molecule has 0 spiro atoms. The molecule has 5 nitrogen and oxygen atoms in total. The third-order valence-electron chi connectivity index (χ3n) is 5.01. The number of benzene rings is 1. The summed E-state index contributed by atoms with van der Waals surface area (Å²) >= 11 is 0. The van der Waals surface area contributed by atoms with Gasteiger partial charge in [-0.2, -0.15) is 0 Å². The average molecular weight is 356 g/mol. The van der Waals surface area contributed by atoms with Gasteiger partial charge in [0.15, 0.2) is 0 Å². The van der Waals surface area contributed by atoms with E-state index in [0.29, 0.717) is 25.9 Å². The molecule has 1 atom stereocenters. The highest BCUT2D eigenvalue weighted by Gasteiger charge is 2.40. The fraction of sp³-hybridized carbons (Fsp3) is 0.476. The molecule has 1 N–H and O–H groups in total. The van der Waals surface area contributed by atoms with Gasteiger partial charge in [0, 0.05) is 18.5 Å². The standard InChI is InChI=1S/C21H28N2O3/c1-4-21(2,3)18(24)20(26)23-15-9-13-17(23)19(25)22-14-8-12-16-10-6-5-7-11-16/h5-8,10-12,17H,4,9,13-15H2,1-3H3,(H,22,25)/b12-8+/t17-/m0/s1. The molecule has 0 unspecified atom stereocenters. The number of rotatable bonds is 7. The fourth-order valence-electron chi connectivity index (χ4n) is 2.90. The summed E-state index contributed by atoms with van der Waals surface area (Å²) in [6.07, 6.45) is 5.74. The Hall–Kier alpha value is -2.43. The first-order valence-electron chi connectivity index (χ1n) is 9.21. The first-order chi connectivity index (χ1) is 12.4. The van der Waals surface area contributed by atoms with Gasteiger partial charge in [-0.05, 0) is 24.8 Å². The Morgan fingerprint density at radius 1 is 1.23 bits per heavy atom. The van der Waals surface area contributed by atoms with Gasteiger partial charge in [-0.3, -0.25) is 14.4 Å². The summed E-state index contributed by atoms with van der Waals surface area (Å²) < 4.78 is 0. The van der Waals surface area contributed by atoms with Crippen molar-refractivity contribution in [2.75, 3.05) is 13.1 Å². The second-order valence-corrected chi connectivity index (χ2v) is 7.28. The molecule has 5 heteroatoms. The number of amides is 2. The zero-order valence-electron chi connectivity index (χ0n) is 15.8. The first kappa shape index (κ1) is 19.9. The van der Waals surface area contributed by atoms with Crippen molar-refractivity contribution in [2.45, 2.75) is 46.1 Å². The topological polar surface area (TPSA) is 66.5 Å². The van der Waals surface area contributed by atoms with Crippen LogP contribution in [0, 0.1) is 5.41 Å². The largest absolute Gasteiger partial charge is 0.351 e. The molecule has 26 heavy (non-hydrogen) atoms. The van der Waals surface area contributed by atoms with Crippen LogP contribution in [-0.2, 0) is 14.4 Å². The van der Waals surface area contributed by atoms with E-state index in [9.17, 15) is 14.4 Å². The Balaban J connectivity index is 1.92. The smallest absolute Gasteiger partial charge is 0.291 e. The lowest BCUT2D eigenvalue weighted by atomic mass is 9.84. The maximum absolute atomic E-state index is 12.6. The molecular weight excluding hydrogens is 328 g/mol. The molecule has 140 valence electrons. The van der Waals surface area contributed by atoms with Gasteiger partial charge < -0.3 is 10.2 Å². The molecular formula is C21H28N2O3. The van der Waals surface area contributed by atoms with Crippen molar-refractivity contribution in [1.29, 1.82) is 0 Å². The highest BCUT2D eigenvalue weighted by atomic mass is 16.2. The third kappa shape index (κ3) is 4.81. The molecule has 1 heterocycles. The van der Waals surface area contributed by atoms with E-state index in [2.05, 4.69) is 5.32 Å². The van der Waals surface area contributed by atoms with Crippen LogP contribution in [0.15, 0.2) is 36.4 Å². The minimum Gasteiger partial charge on any atom is -0.351 e. The summed E-state index contributed by atoms with van der Waals surface area (Å²) in [6.45, 7) is 6.28. The van der Waals surface area contributed by atoms with Crippen LogP contribution >= 0.6 is 0 Å². The predicted octanol–water partition coefficient (Wildman–Crippen LogP) is 2.81. The lowest BCUT2D eigenvalue weighted by molar-refractivity contribution is -0.151. The number of hydrogen-bond acceptors (Lipinski definition) is 3. The molecule has 0 radical (unpaired) electrons. The number of nitrogens with zero attached hydrogens (tertiary/aromatic N) is 1. The van der Waals surface area contributed by atoms with Crippen LogP contribution in [0.5, 0.6) is 0 Å². The van der Waals surface area contributed by atoms with Gasteiger partial charge >= 0.3 is 0 Å². The predicted molar refractivity (Wildman–Crippen MR) is 102 cm³/mol. The second-order valence-electron chi connectivity index (χ2n) is 7.28. The minimum absolute atomic E-state index is 0.198.